The fraction of sp³-hybridized carbons (Fsp3) is 0.409. The number of halogens is 1. The van der Waals surface area contributed by atoms with Crippen LogP contribution in [0.25, 0.3) is 0 Å². The Morgan fingerprint density at radius 2 is 1.46 bits per heavy atom. The van der Waals surface area contributed by atoms with Gasteiger partial charge in [0, 0.05) is 18.8 Å². The average Bonchev–Trinajstić information content (AvgIpc) is 2.64. The molecule has 2 bridgehead atoms. The summed E-state index contributed by atoms with van der Waals surface area (Å²) in [6, 6.07) is 20.0. The molecule has 2 aromatic carbocycles. The molecular formula is C22H26INO2. The average molecular weight is 463 g/mol. The number of quaternary nitrogens is 1. The maximum absolute atomic E-state index is 13.2. The molecule has 138 valence electrons. The predicted octanol–water partition coefficient (Wildman–Crippen LogP) is 0.605. The van der Waals surface area contributed by atoms with Crippen molar-refractivity contribution in [2.45, 2.75) is 24.9 Å². The van der Waals surface area contributed by atoms with Gasteiger partial charge in [-0.3, -0.25) is 4.79 Å². The summed E-state index contributed by atoms with van der Waals surface area (Å²) >= 11 is 0. The van der Waals surface area contributed by atoms with E-state index in [1.54, 1.807) is 0 Å². The maximum atomic E-state index is 13.2. The molecule has 0 amide bonds. The van der Waals surface area contributed by atoms with Crippen LogP contribution in [0.1, 0.15) is 29.9 Å². The first-order valence-electron chi connectivity index (χ1n) is 9.29. The van der Waals surface area contributed by atoms with E-state index in [1.807, 2.05) is 60.7 Å². The first kappa shape index (κ1) is 19.4. The van der Waals surface area contributed by atoms with Gasteiger partial charge in [-0.25, -0.2) is 0 Å². The number of hydrogen-bond acceptors (Lipinski definition) is 2. The molecule has 1 unspecified atom stereocenters. The van der Waals surface area contributed by atoms with E-state index in [1.165, 1.54) is 25.9 Å². The third kappa shape index (κ3) is 3.96. The second-order valence-electron chi connectivity index (χ2n) is 7.82. The lowest BCUT2D eigenvalue weighted by atomic mass is 9.83. The molecule has 3 aliphatic rings. The first-order chi connectivity index (χ1) is 12.1. The highest BCUT2D eigenvalue weighted by Gasteiger charge is 2.45. The van der Waals surface area contributed by atoms with Gasteiger partial charge >= 0.3 is 5.97 Å². The molecule has 0 saturated carbocycles. The fourth-order valence-corrected chi connectivity index (χ4v) is 4.46. The molecule has 3 heterocycles. The second kappa shape index (κ2) is 8.09. The predicted molar refractivity (Wildman–Crippen MR) is 98.1 cm³/mol. The summed E-state index contributed by atoms with van der Waals surface area (Å²) in [7, 11) is 2.29. The van der Waals surface area contributed by atoms with Crippen molar-refractivity contribution in [3.63, 3.8) is 0 Å². The summed E-state index contributed by atoms with van der Waals surface area (Å²) in [5, 5.41) is 0. The zero-order chi connectivity index (χ0) is 17.3. The van der Waals surface area contributed by atoms with Gasteiger partial charge in [-0.05, 0) is 11.1 Å². The Labute approximate surface area is 173 Å². The third-order valence-corrected chi connectivity index (χ3v) is 5.99. The number of carbonyl (C=O) groups excluding carboxylic acids is 1. The topological polar surface area (TPSA) is 26.3 Å². The first-order valence-corrected chi connectivity index (χ1v) is 9.29. The number of carbonyl (C=O) groups is 1. The van der Waals surface area contributed by atoms with Crippen LogP contribution in [0.2, 0.25) is 0 Å². The van der Waals surface area contributed by atoms with Gasteiger partial charge in [0.05, 0.1) is 20.1 Å². The Morgan fingerprint density at radius 1 is 0.962 bits per heavy atom. The van der Waals surface area contributed by atoms with Crippen LogP contribution in [0, 0.1) is 5.92 Å². The molecule has 26 heavy (non-hydrogen) atoms. The van der Waals surface area contributed by atoms with Crippen LogP contribution in [-0.4, -0.2) is 43.2 Å². The molecule has 2 aromatic rings. The maximum Gasteiger partial charge on any atom is 0.318 e. The van der Waals surface area contributed by atoms with Crippen molar-refractivity contribution >= 4 is 5.97 Å². The number of esters is 1. The van der Waals surface area contributed by atoms with E-state index >= 15 is 0 Å². The normalized spacial score (nSPS) is 27.0. The highest BCUT2D eigenvalue weighted by Crippen LogP contribution is 2.35. The number of hydrogen-bond donors (Lipinski definition) is 0. The van der Waals surface area contributed by atoms with Gasteiger partial charge in [0.25, 0.3) is 0 Å². The van der Waals surface area contributed by atoms with E-state index in [-0.39, 0.29) is 42.0 Å². The van der Waals surface area contributed by atoms with Gasteiger partial charge in [0.15, 0.2) is 6.10 Å². The SMILES string of the molecule is C[N+]12CCC(CC1)C(OC(=O)C(c1ccccc1)c1ccccc1)C2.[I-]. The van der Waals surface area contributed by atoms with Crippen molar-refractivity contribution in [1.29, 1.82) is 0 Å². The Kier molecular flexibility index (Phi) is 6.03. The van der Waals surface area contributed by atoms with E-state index in [2.05, 4.69) is 7.05 Å². The molecular weight excluding hydrogens is 437 g/mol. The smallest absolute Gasteiger partial charge is 0.318 e. The lowest BCUT2D eigenvalue weighted by molar-refractivity contribution is -0.928. The number of benzene rings is 2. The second-order valence-corrected chi connectivity index (χ2v) is 7.82. The van der Waals surface area contributed by atoms with Gasteiger partial charge in [-0.1, -0.05) is 60.7 Å². The van der Waals surface area contributed by atoms with Gasteiger partial charge in [-0.2, -0.15) is 0 Å². The molecule has 0 aromatic heterocycles. The van der Waals surface area contributed by atoms with E-state index < -0.39 is 0 Å². The highest BCUT2D eigenvalue weighted by atomic mass is 127. The molecule has 5 rings (SSSR count). The monoisotopic (exact) mass is 463 g/mol. The van der Waals surface area contributed by atoms with Crippen LogP contribution in [0.5, 0.6) is 0 Å². The Morgan fingerprint density at radius 3 is 1.92 bits per heavy atom. The number of likely N-dealkylation sites (N-methyl/N-ethyl adjacent to an activating group) is 1. The largest absolute Gasteiger partial charge is 1.00 e. The summed E-state index contributed by atoms with van der Waals surface area (Å²) in [4.78, 5) is 13.2. The minimum absolute atomic E-state index is 0. The molecule has 4 heteroatoms. The van der Waals surface area contributed by atoms with Gasteiger partial charge in [0.1, 0.15) is 12.5 Å². The molecule has 0 aliphatic carbocycles. The summed E-state index contributed by atoms with van der Waals surface area (Å²) in [5.41, 5.74) is 2.00. The Hall–Kier alpha value is -1.40. The van der Waals surface area contributed by atoms with Crippen LogP contribution in [-0.2, 0) is 9.53 Å². The molecule has 3 saturated heterocycles. The van der Waals surface area contributed by atoms with E-state index in [9.17, 15) is 4.79 Å². The number of piperidine rings is 3. The van der Waals surface area contributed by atoms with Crippen molar-refractivity contribution in [2.75, 3.05) is 26.7 Å². The van der Waals surface area contributed by atoms with Crippen molar-refractivity contribution in [3.8, 4) is 0 Å². The zero-order valence-electron chi connectivity index (χ0n) is 15.2. The van der Waals surface area contributed by atoms with E-state index in [0.29, 0.717) is 5.92 Å². The zero-order valence-corrected chi connectivity index (χ0v) is 17.3. The molecule has 0 radical (unpaired) electrons. The van der Waals surface area contributed by atoms with Crippen molar-refractivity contribution in [1.82, 2.24) is 0 Å². The standard InChI is InChI=1S/C22H26NO2.HI/c1-23-14-12-17(13-15-23)20(16-23)25-22(24)21(18-8-4-2-5-9-18)19-10-6-3-7-11-19;/h2-11,17,20-21H,12-16H2,1H3;1H/q+1;/p-1. The van der Waals surface area contributed by atoms with Gasteiger partial charge in [-0.15, -0.1) is 0 Å². The summed E-state index contributed by atoms with van der Waals surface area (Å²) in [6.07, 6.45) is 2.42. The van der Waals surface area contributed by atoms with Crippen LogP contribution in [0.4, 0.5) is 0 Å². The van der Waals surface area contributed by atoms with Crippen LogP contribution in [0.15, 0.2) is 60.7 Å². The van der Waals surface area contributed by atoms with Crippen molar-refractivity contribution in [2.24, 2.45) is 5.92 Å². The minimum atomic E-state index is -0.344. The third-order valence-electron chi connectivity index (χ3n) is 5.99. The van der Waals surface area contributed by atoms with Crippen LogP contribution < -0.4 is 24.0 Å². The number of fused-ring (bicyclic) bond motifs is 3. The molecule has 3 nitrogen and oxygen atoms in total. The van der Waals surface area contributed by atoms with Crippen LogP contribution >= 0.6 is 0 Å². The lowest BCUT2D eigenvalue weighted by Crippen LogP contribution is -3.00. The van der Waals surface area contributed by atoms with Gasteiger partial charge < -0.3 is 33.2 Å². The number of rotatable bonds is 4. The van der Waals surface area contributed by atoms with E-state index in [0.717, 1.165) is 22.2 Å². The summed E-state index contributed by atoms with van der Waals surface area (Å²) < 4.78 is 7.16. The quantitative estimate of drug-likeness (QED) is 0.378. The van der Waals surface area contributed by atoms with Crippen molar-refractivity contribution < 1.29 is 38.0 Å². The number of ether oxygens (including phenoxy) is 1. The molecule has 0 N–H and O–H groups in total. The number of nitrogens with zero attached hydrogens (tertiary/aromatic N) is 1. The van der Waals surface area contributed by atoms with Crippen molar-refractivity contribution in [3.05, 3.63) is 71.8 Å². The minimum Gasteiger partial charge on any atom is -1.00 e. The fourth-order valence-electron chi connectivity index (χ4n) is 4.46. The Bertz CT molecular complexity index is 687. The summed E-state index contributed by atoms with van der Waals surface area (Å²) in [6.45, 7) is 3.41. The molecule has 0 spiro atoms. The molecule has 3 fully saturated rings. The highest BCUT2D eigenvalue weighted by molar-refractivity contribution is 5.82. The van der Waals surface area contributed by atoms with Gasteiger partial charge in [0.2, 0.25) is 0 Å². The lowest BCUT2D eigenvalue weighted by Gasteiger charge is -2.49. The Balaban J connectivity index is 0.00000196. The summed E-state index contributed by atoms with van der Waals surface area (Å²) in [5.74, 6) is 0.0852. The molecule has 1 atom stereocenters. The molecule has 3 aliphatic heterocycles. The van der Waals surface area contributed by atoms with Crippen LogP contribution in [0.3, 0.4) is 0 Å². The van der Waals surface area contributed by atoms with E-state index in [4.69, 9.17) is 4.74 Å².